The molecule has 2 N–H and O–H groups in total. The summed E-state index contributed by atoms with van der Waals surface area (Å²) in [5, 5.41) is 19.8. The molecule has 1 heterocycles. The van der Waals surface area contributed by atoms with Gasteiger partial charge in [-0.2, -0.15) is 13.2 Å². The molecule has 0 aliphatic carbocycles. The highest BCUT2D eigenvalue weighted by Gasteiger charge is 2.44. The maximum Gasteiger partial charge on any atom is 0.431 e. The first kappa shape index (κ1) is 15.9. The summed E-state index contributed by atoms with van der Waals surface area (Å²) in [6.07, 6.45) is -8.00. The molecular weight excluding hydrogens is 316 g/mol. The number of nitrogens with zero attached hydrogens (tertiary/aromatic N) is 2. The molecule has 0 saturated heterocycles. The van der Waals surface area contributed by atoms with Crippen molar-refractivity contribution in [2.45, 2.75) is 18.8 Å². The van der Waals surface area contributed by atoms with Crippen LogP contribution in [0.1, 0.15) is 0 Å². The molecule has 2 atom stereocenters. The van der Waals surface area contributed by atoms with E-state index in [1.807, 2.05) is 0 Å². The van der Waals surface area contributed by atoms with Crippen LogP contribution in [-0.4, -0.2) is 40.9 Å². The van der Waals surface area contributed by atoms with Crippen molar-refractivity contribution in [1.29, 1.82) is 0 Å². The molecule has 0 fully saturated rings. The van der Waals surface area contributed by atoms with Gasteiger partial charge in [0.1, 0.15) is 11.5 Å². The van der Waals surface area contributed by atoms with Crippen LogP contribution in [-0.2, 0) is 0 Å². The van der Waals surface area contributed by atoms with E-state index in [1.165, 1.54) is 6.07 Å². The molecule has 1 aliphatic heterocycles. The molecule has 0 saturated carbocycles. The van der Waals surface area contributed by atoms with Crippen molar-refractivity contribution in [1.82, 2.24) is 4.90 Å². The smallest absolute Gasteiger partial charge is 0.370 e. The van der Waals surface area contributed by atoms with Gasteiger partial charge in [0.15, 0.2) is 6.23 Å². The zero-order valence-corrected chi connectivity index (χ0v) is 11.4. The summed E-state index contributed by atoms with van der Waals surface area (Å²) in [5.74, 6) is -0.877. The number of allylic oxidation sites excluding steroid dienone is 1. The second kappa shape index (κ2) is 5.36. The standard InChI is InChI=1S/C12H11ClF4N2O2/c1-18-9(12(15,16)17)5-10(20)19(11(18)21)8-3-2-6(13)4-7(8)14/h2-5,10-11,20-21H,1H3. The van der Waals surface area contributed by atoms with Gasteiger partial charge in [-0.3, -0.25) is 4.90 Å². The number of aliphatic hydroxyl groups is 2. The van der Waals surface area contributed by atoms with Gasteiger partial charge in [-0.15, -0.1) is 0 Å². The van der Waals surface area contributed by atoms with Crippen LogP contribution in [0.2, 0.25) is 5.02 Å². The summed E-state index contributed by atoms with van der Waals surface area (Å²) in [6, 6.07) is 3.38. The summed E-state index contributed by atoms with van der Waals surface area (Å²) in [6.45, 7) is 0. The van der Waals surface area contributed by atoms with Gasteiger partial charge in [-0.05, 0) is 24.3 Å². The predicted octanol–water partition coefficient (Wildman–Crippen LogP) is 2.27. The molecular formula is C12H11ClF4N2O2. The predicted molar refractivity (Wildman–Crippen MR) is 67.8 cm³/mol. The summed E-state index contributed by atoms with van der Waals surface area (Å²) in [5.41, 5.74) is -1.49. The van der Waals surface area contributed by atoms with E-state index in [9.17, 15) is 27.8 Å². The Hall–Kier alpha value is -1.51. The van der Waals surface area contributed by atoms with Crippen LogP contribution in [0.3, 0.4) is 0 Å². The number of hydrogen-bond donors (Lipinski definition) is 2. The van der Waals surface area contributed by atoms with Gasteiger partial charge < -0.3 is 15.1 Å². The molecule has 116 valence electrons. The lowest BCUT2D eigenvalue weighted by atomic mass is 10.2. The van der Waals surface area contributed by atoms with Crippen molar-refractivity contribution >= 4 is 17.3 Å². The summed E-state index contributed by atoms with van der Waals surface area (Å²) in [4.78, 5) is 1.18. The van der Waals surface area contributed by atoms with Crippen molar-refractivity contribution in [2.75, 3.05) is 11.9 Å². The average Bonchev–Trinajstić information content (AvgIpc) is 2.35. The molecule has 9 heteroatoms. The van der Waals surface area contributed by atoms with Crippen LogP contribution >= 0.6 is 11.6 Å². The minimum Gasteiger partial charge on any atom is -0.370 e. The zero-order chi connectivity index (χ0) is 15.9. The van der Waals surface area contributed by atoms with Gasteiger partial charge in [-0.25, -0.2) is 4.39 Å². The molecule has 21 heavy (non-hydrogen) atoms. The van der Waals surface area contributed by atoms with Gasteiger partial charge in [0.2, 0.25) is 6.35 Å². The van der Waals surface area contributed by atoms with E-state index in [2.05, 4.69) is 0 Å². The van der Waals surface area contributed by atoms with Gasteiger partial charge in [0.25, 0.3) is 0 Å². The van der Waals surface area contributed by atoms with Gasteiger partial charge >= 0.3 is 6.18 Å². The normalized spacial score (nSPS) is 23.3. The van der Waals surface area contributed by atoms with Crippen LogP contribution in [0.15, 0.2) is 30.0 Å². The first-order valence-corrected chi connectivity index (χ1v) is 6.12. The third-order valence-corrected chi connectivity index (χ3v) is 3.28. The van der Waals surface area contributed by atoms with Crippen molar-refractivity contribution in [3.05, 3.63) is 40.8 Å². The van der Waals surface area contributed by atoms with Crippen molar-refractivity contribution in [2.24, 2.45) is 0 Å². The molecule has 2 rings (SSSR count). The fourth-order valence-electron chi connectivity index (χ4n) is 2.04. The summed E-state index contributed by atoms with van der Waals surface area (Å²) >= 11 is 5.59. The Morgan fingerprint density at radius 3 is 2.38 bits per heavy atom. The van der Waals surface area contributed by atoms with Crippen LogP contribution in [0.25, 0.3) is 0 Å². The Morgan fingerprint density at radius 1 is 1.24 bits per heavy atom. The maximum atomic E-state index is 13.8. The lowest BCUT2D eigenvalue weighted by Gasteiger charge is -2.43. The second-order valence-electron chi connectivity index (χ2n) is 4.42. The highest BCUT2D eigenvalue weighted by Crippen LogP contribution is 2.36. The molecule has 0 amide bonds. The second-order valence-corrected chi connectivity index (χ2v) is 4.86. The SMILES string of the molecule is CN1C(C(F)(F)F)=CC(O)N(c2ccc(Cl)cc2F)C1O. The largest absolute Gasteiger partial charge is 0.431 e. The van der Waals surface area contributed by atoms with Gasteiger partial charge in [0, 0.05) is 12.1 Å². The number of benzene rings is 1. The van der Waals surface area contributed by atoms with Crippen LogP contribution < -0.4 is 4.90 Å². The highest BCUT2D eigenvalue weighted by molar-refractivity contribution is 6.30. The highest BCUT2D eigenvalue weighted by atomic mass is 35.5. The topological polar surface area (TPSA) is 46.9 Å². The van der Waals surface area contributed by atoms with Crippen molar-refractivity contribution in [3.63, 3.8) is 0 Å². The number of hydrogen-bond acceptors (Lipinski definition) is 4. The lowest BCUT2D eigenvalue weighted by Crippen LogP contribution is -2.56. The molecule has 0 radical (unpaired) electrons. The quantitative estimate of drug-likeness (QED) is 0.777. The fraction of sp³-hybridized carbons (Fsp3) is 0.333. The van der Waals surface area contributed by atoms with E-state index in [-0.39, 0.29) is 10.7 Å². The van der Waals surface area contributed by atoms with Gasteiger partial charge in [0.05, 0.1) is 5.69 Å². The Kier molecular flexibility index (Phi) is 4.05. The Bertz CT molecular complexity index is 579. The number of anilines is 1. The molecule has 1 aromatic carbocycles. The minimum atomic E-state index is -4.75. The van der Waals surface area contributed by atoms with E-state index in [0.29, 0.717) is 15.9 Å². The summed E-state index contributed by atoms with van der Waals surface area (Å²) < 4.78 is 52.1. The molecule has 0 aromatic heterocycles. The average molecular weight is 327 g/mol. The molecule has 1 aliphatic rings. The molecule has 0 spiro atoms. The first-order chi connectivity index (χ1) is 9.62. The number of halogens is 5. The van der Waals surface area contributed by atoms with Crippen molar-refractivity contribution < 1.29 is 27.8 Å². The van der Waals surface area contributed by atoms with Gasteiger partial charge in [-0.1, -0.05) is 11.6 Å². The molecule has 4 nitrogen and oxygen atoms in total. The third-order valence-electron chi connectivity index (χ3n) is 3.05. The molecule has 1 aromatic rings. The van der Waals surface area contributed by atoms with Crippen LogP contribution in [0.5, 0.6) is 0 Å². The zero-order valence-electron chi connectivity index (χ0n) is 10.6. The number of aliphatic hydroxyl groups excluding tert-OH is 2. The molecule has 2 unspecified atom stereocenters. The Labute approximate surface area is 122 Å². The van der Waals surface area contributed by atoms with Crippen LogP contribution in [0, 0.1) is 5.82 Å². The Balaban J connectivity index is 2.45. The van der Waals surface area contributed by atoms with Crippen LogP contribution in [0.4, 0.5) is 23.2 Å². The van der Waals surface area contributed by atoms with E-state index in [4.69, 9.17) is 11.6 Å². The maximum absolute atomic E-state index is 13.8. The molecule has 0 bridgehead atoms. The minimum absolute atomic E-state index is 0.0807. The van der Waals surface area contributed by atoms with E-state index >= 15 is 0 Å². The van der Waals surface area contributed by atoms with Crippen molar-refractivity contribution in [3.8, 4) is 0 Å². The van der Waals surface area contributed by atoms with E-state index in [0.717, 1.165) is 19.2 Å². The monoisotopic (exact) mass is 326 g/mol. The third kappa shape index (κ3) is 2.92. The first-order valence-electron chi connectivity index (χ1n) is 5.74. The summed E-state index contributed by atoms with van der Waals surface area (Å²) in [7, 11) is 0.983. The lowest BCUT2D eigenvalue weighted by molar-refractivity contribution is -0.133. The van der Waals surface area contributed by atoms with E-state index < -0.39 is 30.3 Å². The number of alkyl halides is 3. The fourth-order valence-corrected chi connectivity index (χ4v) is 2.20. The Morgan fingerprint density at radius 2 is 1.86 bits per heavy atom. The number of rotatable bonds is 1. The van der Waals surface area contributed by atoms with E-state index in [1.54, 1.807) is 0 Å².